The first-order valence-corrected chi connectivity index (χ1v) is 7.98. The highest BCUT2D eigenvalue weighted by molar-refractivity contribution is 5.96. The van der Waals surface area contributed by atoms with Crippen LogP contribution in [0.5, 0.6) is 0 Å². The SMILES string of the molecule is C=C(C)C(=O)NN(C(=O)C(=C)C)[N+](=Nc1ccccc1)c1ccccc1. The molecule has 0 unspecified atom stereocenters. The number of hydrazine groups is 2. The van der Waals surface area contributed by atoms with Gasteiger partial charge in [0, 0.05) is 33.5 Å². The van der Waals surface area contributed by atoms with Crippen LogP contribution in [-0.4, -0.2) is 21.7 Å². The van der Waals surface area contributed by atoms with E-state index in [1.165, 1.54) is 4.81 Å². The van der Waals surface area contributed by atoms with Crippen LogP contribution in [-0.2, 0) is 9.59 Å². The average Bonchev–Trinajstić information content (AvgIpc) is 2.65. The summed E-state index contributed by atoms with van der Waals surface area (Å²) in [5.74, 6) is -0.994. The summed E-state index contributed by atoms with van der Waals surface area (Å²) in [6, 6.07) is 18.1. The number of amides is 2. The van der Waals surface area contributed by atoms with Crippen molar-refractivity contribution >= 4 is 23.2 Å². The number of carbonyl (C=O) groups is 2. The van der Waals surface area contributed by atoms with Crippen LogP contribution in [0.3, 0.4) is 0 Å². The first-order chi connectivity index (χ1) is 12.4. The Morgan fingerprint density at radius 2 is 1.46 bits per heavy atom. The van der Waals surface area contributed by atoms with Gasteiger partial charge in [-0.1, -0.05) is 49.6 Å². The van der Waals surface area contributed by atoms with Crippen LogP contribution in [0.1, 0.15) is 13.8 Å². The number of azo groups is 1. The Hall–Kier alpha value is -3.54. The lowest BCUT2D eigenvalue weighted by atomic mass is 10.3. The zero-order chi connectivity index (χ0) is 19.1. The molecule has 0 atom stereocenters. The van der Waals surface area contributed by atoms with Gasteiger partial charge in [0.05, 0.1) is 4.81 Å². The summed E-state index contributed by atoms with van der Waals surface area (Å²) in [5, 5.41) is 5.53. The van der Waals surface area contributed by atoms with Crippen molar-refractivity contribution in [1.29, 1.82) is 0 Å². The Kier molecular flexibility index (Phi) is 6.16. The van der Waals surface area contributed by atoms with Gasteiger partial charge < -0.3 is 0 Å². The van der Waals surface area contributed by atoms with Gasteiger partial charge in [-0.25, -0.2) is 5.43 Å². The highest BCUT2D eigenvalue weighted by Gasteiger charge is 2.32. The van der Waals surface area contributed by atoms with Crippen molar-refractivity contribution in [3.63, 3.8) is 0 Å². The number of rotatable bonds is 5. The molecule has 26 heavy (non-hydrogen) atoms. The number of carbonyl (C=O) groups excluding carboxylic acids is 2. The average molecular weight is 349 g/mol. The third kappa shape index (κ3) is 4.73. The first kappa shape index (κ1) is 18.8. The predicted octanol–water partition coefficient (Wildman–Crippen LogP) is 4.04. The normalized spacial score (nSPS) is 10.8. The number of nitrogens with zero attached hydrogens (tertiary/aromatic N) is 3. The van der Waals surface area contributed by atoms with Gasteiger partial charge in [0.15, 0.2) is 0 Å². The third-order valence-corrected chi connectivity index (χ3v) is 3.30. The maximum absolute atomic E-state index is 12.7. The fraction of sp³-hybridized carbons (Fsp3) is 0.100. The summed E-state index contributed by atoms with van der Waals surface area (Å²) in [5.41, 5.74) is 4.24. The molecule has 2 aromatic rings. The maximum Gasteiger partial charge on any atom is 0.331 e. The van der Waals surface area contributed by atoms with Gasteiger partial charge in [-0.15, -0.1) is 0 Å². The van der Waals surface area contributed by atoms with E-state index in [1.54, 1.807) is 38.1 Å². The molecule has 0 aliphatic heterocycles. The molecule has 0 saturated carbocycles. The fourth-order valence-corrected chi connectivity index (χ4v) is 1.94. The molecular weight excluding hydrogens is 328 g/mol. The standard InChI is InChI=1S/C20H20N4O2/c1-15(2)19(25)22-24(20(26)16(3)4)23(18-13-9-6-10-14-18)21-17-11-7-5-8-12-17/h5-14H,1,3H2,2,4H3/p+1. The minimum atomic E-state index is -0.497. The van der Waals surface area contributed by atoms with Crippen molar-refractivity contribution in [2.45, 2.75) is 13.8 Å². The lowest BCUT2D eigenvalue weighted by Crippen LogP contribution is -2.50. The second-order valence-corrected chi connectivity index (χ2v) is 5.68. The van der Waals surface area contributed by atoms with Crippen LogP contribution in [0.15, 0.2) is 90.1 Å². The molecule has 132 valence electrons. The van der Waals surface area contributed by atoms with Gasteiger partial charge in [-0.2, -0.15) is 0 Å². The number of benzene rings is 2. The van der Waals surface area contributed by atoms with E-state index in [1.807, 2.05) is 36.4 Å². The van der Waals surface area contributed by atoms with Crippen molar-refractivity contribution < 1.29 is 14.4 Å². The van der Waals surface area contributed by atoms with Gasteiger partial charge in [-0.3, -0.25) is 9.59 Å². The second-order valence-electron chi connectivity index (χ2n) is 5.68. The number of hydrogen-bond donors (Lipinski definition) is 1. The summed E-state index contributed by atoms with van der Waals surface area (Å²) < 4.78 is 0. The second kappa shape index (κ2) is 8.53. The Bertz CT molecular complexity index is 858. The van der Waals surface area contributed by atoms with E-state index < -0.39 is 11.8 Å². The summed E-state index contributed by atoms with van der Waals surface area (Å²) in [4.78, 5) is 26.2. The highest BCUT2D eigenvalue weighted by atomic mass is 16.2. The molecule has 0 aliphatic carbocycles. The van der Waals surface area contributed by atoms with Crippen LogP contribution < -0.4 is 5.43 Å². The molecule has 2 aromatic carbocycles. The molecule has 0 saturated heterocycles. The molecule has 0 spiro atoms. The van der Waals surface area contributed by atoms with Crippen molar-refractivity contribution in [3.05, 3.63) is 85.0 Å². The molecule has 0 heterocycles. The molecule has 0 aliphatic rings. The van der Waals surface area contributed by atoms with E-state index >= 15 is 0 Å². The van der Waals surface area contributed by atoms with Crippen molar-refractivity contribution in [3.8, 4) is 0 Å². The number of para-hydroxylation sites is 1. The summed E-state index contributed by atoms with van der Waals surface area (Å²) in [7, 11) is 0. The first-order valence-electron chi connectivity index (χ1n) is 7.98. The summed E-state index contributed by atoms with van der Waals surface area (Å²) >= 11 is 0. The van der Waals surface area contributed by atoms with Crippen LogP contribution >= 0.6 is 0 Å². The van der Waals surface area contributed by atoms with E-state index in [9.17, 15) is 9.59 Å². The Balaban J connectivity index is 2.59. The monoisotopic (exact) mass is 349 g/mol. The van der Waals surface area contributed by atoms with E-state index in [-0.39, 0.29) is 11.1 Å². The summed E-state index contributed by atoms with van der Waals surface area (Å²) in [6.07, 6.45) is 0. The molecule has 2 rings (SSSR count). The van der Waals surface area contributed by atoms with Gasteiger partial charge in [-0.05, 0) is 26.0 Å². The molecule has 0 radical (unpaired) electrons. The Labute approximate surface area is 152 Å². The molecule has 0 fully saturated rings. The third-order valence-electron chi connectivity index (χ3n) is 3.30. The Morgan fingerprint density at radius 3 is 1.96 bits per heavy atom. The van der Waals surface area contributed by atoms with Crippen LogP contribution in [0, 0.1) is 0 Å². The smallest absolute Gasteiger partial charge is 0.268 e. The van der Waals surface area contributed by atoms with Gasteiger partial charge in [0.1, 0.15) is 5.69 Å². The number of hydrogen-bond acceptors (Lipinski definition) is 3. The van der Waals surface area contributed by atoms with E-state index in [2.05, 4.69) is 23.7 Å². The zero-order valence-corrected chi connectivity index (χ0v) is 14.8. The van der Waals surface area contributed by atoms with E-state index in [0.29, 0.717) is 11.4 Å². The van der Waals surface area contributed by atoms with Crippen molar-refractivity contribution in [2.75, 3.05) is 0 Å². The topological polar surface area (TPSA) is 64.8 Å². The van der Waals surface area contributed by atoms with Crippen molar-refractivity contribution in [1.82, 2.24) is 10.5 Å². The van der Waals surface area contributed by atoms with E-state index in [0.717, 1.165) is 5.12 Å². The van der Waals surface area contributed by atoms with Gasteiger partial charge >= 0.3 is 5.91 Å². The zero-order valence-electron chi connectivity index (χ0n) is 14.8. The largest absolute Gasteiger partial charge is 0.331 e. The molecule has 1 N–H and O–H groups in total. The van der Waals surface area contributed by atoms with Crippen molar-refractivity contribution in [2.24, 2.45) is 5.11 Å². The summed E-state index contributed by atoms with van der Waals surface area (Å²) in [6.45, 7) is 10.4. The van der Waals surface area contributed by atoms with Crippen LogP contribution in [0.4, 0.5) is 11.4 Å². The van der Waals surface area contributed by atoms with Crippen LogP contribution in [0.25, 0.3) is 0 Å². The molecule has 0 bridgehead atoms. The van der Waals surface area contributed by atoms with Crippen LogP contribution in [0.2, 0.25) is 0 Å². The maximum atomic E-state index is 12.7. The van der Waals surface area contributed by atoms with Gasteiger partial charge in [0.2, 0.25) is 0 Å². The molecule has 2 amide bonds. The fourth-order valence-electron chi connectivity index (χ4n) is 1.94. The molecule has 0 aromatic heterocycles. The lowest BCUT2D eigenvalue weighted by Gasteiger charge is -2.16. The molecule has 6 nitrogen and oxygen atoms in total. The highest BCUT2D eigenvalue weighted by Crippen LogP contribution is 2.20. The minimum absolute atomic E-state index is 0.246. The minimum Gasteiger partial charge on any atom is -0.268 e. The van der Waals surface area contributed by atoms with E-state index in [4.69, 9.17) is 0 Å². The molecular formula is C20H21N4O2+. The Morgan fingerprint density at radius 1 is 0.923 bits per heavy atom. The van der Waals surface area contributed by atoms with Gasteiger partial charge in [0.25, 0.3) is 11.6 Å². The number of nitrogens with one attached hydrogen (secondary N) is 1. The predicted molar refractivity (Wildman–Crippen MR) is 99.5 cm³/mol. The molecule has 6 heteroatoms. The quantitative estimate of drug-likeness (QED) is 0.383. The lowest BCUT2D eigenvalue weighted by molar-refractivity contribution is -0.665.